The molecule has 0 bridgehead atoms. The van der Waals surface area contributed by atoms with Crippen LogP contribution in [-0.4, -0.2) is 21.9 Å². The summed E-state index contributed by atoms with van der Waals surface area (Å²) in [4.78, 5) is 17.3. The van der Waals surface area contributed by atoms with Crippen molar-refractivity contribution < 1.29 is 14.3 Å². The summed E-state index contributed by atoms with van der Waals surface area (Å²) in [7, 11) is 0. The van der Waals surface area contributed by atoms with Crippen molar-refractivity contribution in [1.29, 1.82) is 0 Å². The molecule has 0 fully saturated rings. The highest BCUT2D eigenvalue weighted by Crippen LogP contribution is 2.25. The van der Waals surface area contributed by atoms with Crippen molar-refractivity contribution in [2.24, 2.45) is 0 Å². The van der Waals surface area contributed by atoms with Crippen molar-refractivity contribution in [3.63, 3.8) is 0 Å². The van der Waals surface area contributed by atoms with Crippen LogP contribution in [0.2, 0.25) is 0 Å². The number of benzene rings is 2. The fourth-order valence-electron chi connectivity index (χ4n) is 3.04. The molecule has 2 heterocycles. The maximum atomic E-state index is 12.7. The van der Waals surface area contributed by atoms with Crippen LogP contribution in [0.5, 0.6) is 11.5 Å². The van der Waals surface area contributed by atoms with E-state index in [1.54, 1.807) is 18.2 Å². The van der Waals surface area contributed by atoms with Crippen LogP contribution in [0.25, 0.3) is 5.65 Å². The zero-order valence-corrected chi connectivity index (χ0v) is 16.7. The Bertz CT molecular complexity index is 1120. The molecule has 0 aliphatic heterocycles. The number of ether oxygens (including phenoxy) is 2. The number of rotatable bonds is 8. The Balaban J connectivity index is 1.43. The van der Waals surface area contributed by atoms with E-state index < -0.39 is 0 Å². The molecule has 2 aromatic carbocycles. The molecule has 0 spiro atoms. The molecule has 2 aromatic heterocycles. The molecule has 0 saturated carbocycles. The third-order valence-corrected chi connectivity index (χ3v) is 4.49. The molecule has 0 unspecified atom stereocenters. The fourth-order valence-corrected chi connectivity index (χ4v) is 3.04. The first-order valence-corrected chi connectivity index (χ1v) is 9.91. The van der Waals surface area contributed by atoms with Gasteiger partial charge in [-0.15, -0.1) is 0 Å². The monoisotopic (exact) mass is 401 g/mol. The highest BCUT2D eigenvalue weighted by Gasteiger charge is 2.11. The number of fused-ring (bicyclic) bond motifs is 1. The van der Waals surface area contributed by atoms with Gasteiger partial charge in [-0.25, -0.2) is 4.98 Å². The van der Waals surface area contributed by atoms with Gasteiger partial charge in [0, 0.05) is 18.0 Å². The minimum Gasteiger partial charge on any atom is -0.491 e. The lowest BCUT2D eigenvalue weighted by Crippen LogP contribution is -2.13. The molecule has 6 heteroatoms. The first kappa shape index (κ1) is 19.5. The fraction of sp³-hybridized carbons (Fsp3) is 0.167. The van der Waals surface area contributed by atoms with Crippen LogP contribution in [0, 0.1) is 0 Å². The Morgan fingerprint density at radius 3 is 2.77 bits per heavy atom. The van der Waals surface area contributed by atoms with E-state index in [0.29, 0.717) is 36.0 Å². The molecule has 152 valence electrons. The van der Waals surface area contributed by atoms with E-state index in [1.807, 2.05) is 72.2 Å². The topological polar surface area (TPSA) is 64.9 Å². The van der Waals surface area contributed by atoms with Crippen LogP contribution in [0.4, 0.5) is 5.69 Å². The molecule has 0 atom stereocenters. The lowest BCUT2D eigenvalue weighted by atomic mass is 10.2. The van der Waals surface area contributed by atoms with E-state index in [9.17, 15) is 4.79 Å². The normalized spacial score (nSPS) is 10.7. The van der Waals surface area contributed by atoms with Gasteiger partial charge in [-0.1, -0.05) is 31.2 Å². The van der Waals surface area contributed by atoms with Gasteiger partial charge in [-0.3, -0.25) is 4.79 Å². The van der Waals surface area contributed by atoms with Crippen molar-refractivity contribution in [3.8, 4) is 11.5 Å². The molecule has 4 aromatic rings. The number of nitrogens with zero attached hydrogens (tertiary/aromatic N) is 2. The van der Waals surface area contributed by atoms with Crippen molar-refractivity contribution in [2.75, 3.05) is 11.9 Å². The molecule has 1 amide bonds. The first-order valence-electron chi connectivity index (χ1n) is 9.91. The number of hydrogen-bond acceptors (Lipinski definition) is 4. The van der Waals surface area contributed by atoms with Gasteiger partial charge >= 0.3 is 0 Å². The number of nitrogens with one attached hydrogen (secondary N) is 1. The summed E-state index contributed by atoms with van der Waals surface area (Å²) in [5.74, 6) is 1.04. The van der Waals surface area contributed by atoms with Crippen molar-refractivity contribution in [1.82, 2.24) is 9.38 Å². The maximum Gasteiger partial charge on any atom is 0.255 e. The minimum absolute atomic E-state index is 0.222. The summed E-state index contributed by atoms with van der Waals surface area (Å²) in [6.07, 6.45) is 4.77. The third-order valence-electron chi connectivity index (χ3n) is 4.49. The van der Waals surface area contributed by atoms with Crippen LogP contribution < -0.4 is 14.8 Å². The Kier molecular flexibility index (Phi) is 5.94. The highest BCUT2D eigenvalue weighted by atomic mass is 16.5. The SMILES string of the molecule is CCCOc1ccccc1NC(=O)c1cccc(OCc2cn3ccccc3n2)c1. The van der Waals surface area contributed by atoms with E-state index in [1.165, 1.54) is 0 Å². The smallest absolute Gasteiger partial charge is 0.255 e. The van der Waals surface area contributed by atoms with Gasteiger partial charge in [-0.2, -0.15) is 0 Å². The number of pyridine rings is 1. The Labute approximate surface area is 175 Å². The lowest BCUT2D eigenvalue weighted by Gasteiger charge is -2.12. The third kappa shape index (κ3) is 4.60. The molecule has 1 N–H and O–H groups in total. The molecule has 6 nitrogen and oxygen atoms in total. The van der Waals surface area contributed by atoms with Crippen LogP contribution in [0.3, 0.4) is 0 Å². The van der Waals surface area contributed by atoms with E-state index in [-0.39, 0.29) is 5.91 Å². The Hall–Kier alpha value is -3.80. The number of anilines is 1. The zero-order valence-electron chi connectivity index (χ0n) is 16.7. The average molecular weight is 401 g/mol. The van der Waals surface area contributed by atoms with E-state index >= 15 is 0 Å². The first-order chi connectivity index (χ1) is 14.7. The molecule has 4 rings (SSSR count). The van der Waals surface area contributed by atoms with Crippen LogP contribution in [-0.2, 0) is 6.61 Å². The molecular weight excluding hydrogens is 378 g/mol. The van der Waals surface area contributed by atoms with Crippen molar-refractivity contribution >= 4 is 17.2 Å². The number of amides is 1. The van der Waals surface area contributed by atoms with Crippen LogP contribution >= 0.6 is 0 Å². The van der Waals surface area contributed by atoms with Gasteiger partial charge < -0.3 is 19.2 Å². The summed E-state index contributed by atoms with van der Waals surface area (Å²) < 4.78 is 13.5. The summed E-state index contributed by atoms with van der Waals surface area (Å²) >= 11 is 0. The van der Waals surface area contributed by atoms with Crippen LogP contribution in [0.15, 0.2) is 79.1 Å². The highest BCUT2D eigenvalue weighted by molar-refractivity contribution is 6.05. The minimum atomic E-state index is -0.222. The summed E-state index contributed by atoms with van der Waals surface area (Å²) in [5, 5.41) is 2.92. The lowest BCUT2D eigenvalue weighted by molar-refractivity contribution is 0.102. The quantitative estimate of drug-likeness (QED) is 0.453. The molecule has 0 radical (unpaired) electrons. The second-order valence-electron chi connectivity index (χ2n) is 6.81. The molecule has 0 aliphatic carbocycles. The second-order valence-corrected chi connectivity index (χ2v) is 6.81. The predicted octanol–water partition coefficient (Wildman–Crippen LogP) is 4.95. The maximum absolute atomic E-state index is 12.7. The van der Waals surface area contributed by atoms with E-state index in [0.717, 1.165) is 17.8 Å². The number of para-hydroxylation sites is 2. The average Bonchev–Trinajstić information content (AvgIpc) is 3.20. The second kappa shape index (κ2) is 9.13. The van der Waals surface area contributed by atoms with Gasteiger partial charge in [0.1, 0.15) is 23.8 Å². The van der Waals surface area contributed by atoms with Crippen LogP contribution in [0.1, 0.15) is 29.4 Å². The van der Waals surface area contributed by atoms with Gasteiger partial charge in [0.2, 0.25) is 0 Å². The molecule has 0 aliphatic rings. The number of aromatic nitrogens is 2. The zero-order chi connectivity index (χ0) is 20.8. The molecule has 0 saturated heterocycles. The Morgan fingerprint density at radius 2 is 1.90 bits per heavy atom. The number of carbonyl (C=O) groups is 1. The summed E-state index contributed by atoms with van der Waals surface area (Å²) in [6, 6.07) is 20.4. The predicted molar refractivity (Wildman–Crippen MR) is 116 cm³/mol. The molecule has 30 heavy (non-hydrogen) atoms. The van der Waals surface area contributed by atoms with E-state index in [4.69, 9.17) is 9.47 Å². The summed E-state index contributed by atoms with van der Waals surface area (Å²) in [6.45, 7) is 2.96. The number of hydrogen-bond donors (Lipinski definition) is 1. The Morgan fingerprint density at radius 1 is 1.03 bits per heavy atom. The molecular formula is C24H23N3O3. The largest absolute Gasteiger partial charge is 0.491 e. The number of imidazole rings is 1. The van der Waals surface area contributed by atoms with E-state index in [2.05, 4.69) is 10.3 Å². The van der Waals surface area contributed by atoms with Crippen molar-refractivity contribution in [2.45, 2.75) is 20.0 Å². The van der Waals surface area contributed by atoms with Gasteiger partial charge in [0.25, 0.3) is 5.91 Å². The van der Waals surface area contributed by atoms with Gasteiger partial charge in [-0.05, 0) is 48.9 Å². The number of carbonyl (C=O) groups excluding carboxylic acids is 1. The van der Waals surface area contributed by atoms with Gasteiger partial charge in [0.15, 0.2) is 0 Å². The van der Waals surface area contributed by atoms with Crippen molar-refractivity contribution in [3.05, 3.63) is 90.4 Å². The summed E-state index contributed by atoms with van der Waals surface area (Å²) in [5.41, 5.74) is 2.84. The standard InChI is InChI=1S/C24H23N3O3/c1-2-14-29-22-11-4-3-10-21(22)26-24(28)18-8-7-9-20(15-18)30-17-19-16-27-13-6-5-12-23(27)25-19/h3-13,15-16H,2,14,17H2,1H3,(H,26,28). The van der Waals surface area contributed by atoms with Gasteiger partial charge in [0.05, 0.1) is 18.0 Å².